The number of amides is 1. The topological polar surface area (TPSA) is 66.5 Å². The van der Waals surface area contributed by atoms with Crippen LogP contribution in [-0.4, -0.2) is 31.7 Å². The summed E-state index contributed by atoms with van der Waals surface area (Å²) >= 11 is 6.05. The van der Waals surface area contributed by atoms with Gasteiger partial charge < -0.3 is 5.32 Å². The van der Waals surface area contributed by atoms with Crippen LogP contribution in [0.3, 0.4) is 0 Å². The van der Waals surface area contributed by atoms with Crippen molar-refractivity contribution in [1.82, 2.24) is 4.31 Å². The number of piperidine rings is 1. The van der Waals surface area contributed by atoms with Crippen LogP contribution in [0.5, 0.6) is 0 Å². The molecule has 1 aliphatic heterocycles. The predicted octanol–water partition coefficient (Wildman–Crippen LogP) is 4.29. The van der Waals surface area contributed by atoms with Crippen molar-refractivity contribution in [2.24, 2.45) is 5.92 Å². The smallest absolute Gasteiger partial charge is 0.257 e. The second kappa shape index (κ2) is 8.14. The second-order valence-electron chi connectivity index (χ2n) is 6.81. The molecular weight excluding hydrogens is 410 g/mol. The Morgan fingerprint density at radius 2 is 1.82 bits per heavy atom. The van der Waals surface area contributed by atoms with E-state index < -0.39 is 27.6 Å². The normalized spacial score (nSPS) is 16.1. The number of nitrogens with one attached hydrogen (secondary N) is 1. The lowest BCUT2D eigenvalue weighted by Gasteiger charge is -2.29. The molecule has 0 atom stereocenters. The second-order valence-corrected chi connectivity index (χ2v) is 9.15. The van der Waals surface area contributed by atoms with Crippen LogP contribution in [0.2, 0.25) is 5.02 Å². The van der Waals surface area contributed by atoms with Gasteiger partial charge in [0.15, 0.2) is 0 Å². The van der Waals surface area contributed by atoms with Gasteiger partial charge in [-0.15, -0.1) is 0 Å². The SMILES string of the molecule is CC1CCN(S(=O)(=O)c2ccc(Cl)c(C(=O)Nc3ccc(F)cc3F)c2)CC1. The van der Waals surface area contributed by atoms with E-state index in [-0.39, 0.29) is 21.2 Å². The van der Waals surface area contributed by atoms with Crippen LogP contribution in [0, 0.1) is 17.6 Å². The Morgan fingerprint density at radius 1 is 1.14 bits per heavy atom. The number of anilines is 1. The number of benzene rings is 2. The number of hydrogen-bond acceptors (Lipinski definition) is 3. The van der Waals surface area contributed by atoms with Crippen molar-refractivity contribution >= 4 is 33.2 Å². The molecule has 1 N–H and O–H groups in total. The lowest BCUT2D eigenvalue weighted by atomic mass is 10.0. The fourth-order valence-corrected chi connectivity index (χ4v) is 4.69. The molecule has 0 saturated carbocycles. The molecule has 2 aromatic carbocycles. The maximum Gasteiger partial charge on any atom is 0.257 e. The summed E-state index contributed by atoms with van der Waals surface area (Å²) in [5.74, 6) is -2.06. The van der Waals surface area contributed by atoms with E-state index in [1.165, 1.54) is 22.5 Å². The molecule has 0 aliphatic carbocycles. The van der Waals surface area contributed by atoms with E-state index in [0.717, 1.165) is 25.0 Å². The molecule has 1 aliphatic rings. The fourth-order valence-electron chi connectivity index (χ4n) is 2.99. The minimum atomic E-state index is -3.77. The van der Waals surface area contributed by atoms with Gasteiger partial charge >= 0.3 is 0 Å². The van der Waals surface area contributed by atoms with Gasteiger partial charge in [0.05, 0.1) is 21.2 Å². The number of nitrogens with zero attached hydrogens (tertiary/aromatic N) is 1. The maximum absolute atomic E-state index is 13.8. The molecule has 1 saturated heterocycles. The van der Waals surface area contributed by atoms with E-state index >= 15 is 0 Å². The molecule has 28 heavy (non-hydrogen) atoms. The summed E-state index contributed by atoms with van der Waals surface area (Å²) in [6.45, 7) is 2.90. The monoisotopic (exact) mass is 428 g/mol. The number of carbonyl (C=O) groups excluding carboxylic acids is 1. The number of rotatable bonds is 4. The Balaban J connectivity index is 1.87. The van der Waals surface area contributed by atoms with E-state index in [4.69, 9.17) is 11.6 Å². The van der Waals surface area contributed by atoms with Crippen LogP contribution in [-0.2, 0) is 10.0 Å². The average Bonchev–Trinajstić information content (AvgIpc) is 2.64. The van der Waals surface area contributed by atoms with Crippen molar-refractivity contribution in [2.75, 3.05) is 18.4 Å². The minimum absolute atomic E-state index is 0.0197. The first-order valence-electron chi connectivity index (χ1n) is 8.74. The van der Waals surface area contributed by atoms with Gasteiger partial charge in [-0.25, -0.2) is 17.2 Å². The largest absolute Gasteiger partial charge is 0.319 e. The van der Waals surface area contributed by atoms with Gasteiger partial charge in [-0.1, -0.05) is 18.5 Å². The molecule has 0 spiro atoms. The van der Waals surface area contributed by atoms with Gasteiger partial charge in [-0.3, -0.25) is 4.79 Å². The zero-order chi connectivity index (χ0) is 20.5. The molecule has 0 aromatic heterocycles. The van der Waals surface area contributed by atoms with Crippen LogP contribution in [0.1, 0.15) is 30.1 Å². The van der Waals surface area contributed by atoms with E-state index in [1.54, 1.807) is 0 Å². The third-order valence-corrected chi connectivity index (χ3v) is 6.97. The van der Waals surface area contributed by atoms with Crippen LogP contribution in [0.4, 0.5) is 14.5 Å². The first-order chi connectivity index (χ1) is 13.2. The molecule has 0 radical (unpaired) electrons. The summed E-state index contributed by atoms with van der Waals surface area (Å²) in [5.41, 5.74) is -0.349. The summed E-state index contributed by atoms with van der Waals surface area (Å²) < 4.78 is 53.9. The Hall–Kier alpha value is -2.03. The lowest BCUT2D eigenvalue weighted by Crippen LogP contribution is -2.37. The standard InChI is InChI=1S/C19H19ClF2N2O3S/c1-12-6-8-24(9-7-12)28(26,27)14-3-4-16(20)15(11-14)19(25)23-18-5-2-13(21)10-17(18)22/h2-5,10-12H,6-9H2,1H3,(H,23,25). The molecule has 2 aromatic rings. The third kappa shape index (κ3) is 4.34. The van der Waals surface area contributed by atoms with Crippen LogP contribution in [0.15, 0.2) is 41.3 Å². The zero-order valence-electron chi connectivity index (χ0n) is 15.1. The Labute approximate surface area is 167 Å². The molecule has 1 heterocycles. The highest BCUT2D eigenvalue weighted by Crippen LogP contribution is 2.27. The molecule has 3 rings (SSSR count). The van der Waals surface area contributed by atoms with Crippen molar-refractivity contribution in [3.8, 4) is 0 Å². The maximum atomic E-state index is 13.8. The molecular formula is C19H19ClF2N2O3S. The van der Waals surface area contributed by atoms with Crippen molar-refractivity contribution in [1.29, 1.82) is 0 Å². The molecule has 9 heteroatoms. The third-order valence-electron chi connectivity index (χ3n) is 4.74. The van der Waals surface area contributed by atoms with Gasteiger partial charge in [0, 0.05) is 19.2 Å². The molecule has 1 fully saturated rings. The van der Waals surface area contributed by atoms with E-state index in [9.17, 15) is 22.0 Å². The zero-order valence-corrected chi connectivity index (χ0v) is 16.7. The van der Waals surface area contributed by atoms with E-state index in [2.05, 4.69) is 12.2 Å². The van der Waals surface area contributed by atoms with Gasteiger partial charge in [0.1, 0.15) is 11.6 Å². The predicted molar refractivity (Wildman–Crippen MR) is 103 cm³/mol. The lowest BCUT2D eigenvalue weighted by molar-refractivity contribution is 0.102. The molecule has 0 bridgehead atoms. The van der Waals surface area contributed by atoms with Gasteiger partial charge in [0.2, 0.25) is 10.0 Å². The summed E-state index contributed by atoms with van der Waals surface area (Å²) in [6, 6.07) is 6.54. The summed E-state index contributed by atoms with van der Waals surface area (Å²) in [7, 11) is -3.77. The van der Waals surface area contributed by atoms with Crippen LogP contribution >= 0.6 is 11.6 Å². The molecule has 5 nitrogen and oxygen atoms in total. The number of carbonyl (C=O) groups is 1. The van der Waals surface area contributed by atoms with E-state index in [0.29, 0.717) is 25.1 Å². The first kappa shape index (κ1) is 20.7. The Bertz CT molecular complexity index is 1010. The molecule has 1 amide bonds. The van der Waals surface area contributed by atoms with Crippen molar-refractivity contribution < 1.29 is 22.0 Å². The fraction of sp³-hybridized carbons (Fsp3) is 0.316. The van der Waals surface area contributed by atoms with Crippen LogP contribution in [0.25, 0.3) is 0 Å². The highest BCUT2D eigenvalue weighted by molar-refractivity contribution is 7.89. The number of halogens is 3. The Kier molecular flexibility index (Phi) is 6.02. The number of hydrogen-bond donors (Lipinski definition) is 1. The summed E-state index contributed by atoms with van der Waals surface area (Å²) in [5, 5.41) is 2.30. The van der Waals surface area contributed by atoms with Crippen LogP contribution < -0.4 is 5.32 Å². The van der Waals surface area contributed by atoms with Crippen molar-refractivity contribution in [3.63, 3.8) is 0 Å². The quantitative estimate of drug-likeness (QED) is 0.789. The number of sulfonamides is 1. The first-order valence-corrected chi connectivity index (χ1v) is 10.6. The van der Waals surface area contributed by atoms with Gasteiger partial charge in [-0.2, -0.15) is 4.31 Å². The van der Waals surface area contributed by atoms with Gasteiger partial charge in [0.25, 0.3) is 5.91 Å². The van der Waals surface area contributed by atoms with Crippen molar-refractivity contribution in [2.45, 2.75) is 24.7 Å². The minimum Gasteiger partial charge on any atom is -0.319 e. The summed E-state index contributed by atoms with van der Waals surface area (Å²) in [6.07, 6.45) is 1.54. The highest BCUT2D eigenvalue weighted by Gasteiger charge is 2.29. The van der Waals surface area contributed by atoms with Crippen molar-refractivity contribution in [3.05, 3.63) is 58.6 Å². The average molecular weight is 429 g/mol. The Morgan fingerprint density at radius 3 is 2.46 bits per heavy atom. The van der Waals surface area contributed by atoms with Gasteiger partial charge in [-0.05, 0) is 49.1 Å². The van der Waals surface area contributed by atoms with E-state index in [1.807, 2.05) is 0 Å². The molecule has 150 valence electrons. The molecule has 0 unspecified atom stereocenters. The highest BCUT2D eigenvalue weighted by atomic mass is 35.5. The summed E-state index contributed by atoms with van der Waals surface area (Å²) in [4.78, 5) is 12.4.